The molecule has 3 N–H and O–H groups in total. The molecule has 11 heteroatoms. The van der Waals surface area contributed by atoms with Crippen LogP contribution < -0.4 is 16.0 Å². The fourth-order valence-electron chi connectivity index (χ4n) is 3.30. The van der Waals surface area contributed by atoms with Crippen molar-refractivity contribution < 1.29 is 0 Å². The maximum Gasteiger partial charge on any atom is 0.229 e. The van der Waals surface area contributed by atoms with Crippen molar-refractivity contribution in [2.75, 3.05) is 16.0 Å². The first kappa shape index (κ1) is 24.2. The number of guanidine groups is 1. The molecule has 0 radical (unpaired) electrons. The van der Waals surface area contributed by atoms with Gasteiger partial charge in [-0.2, -0.15) is 10.1 Å². The molecule has 4 rings (SSSR count). The van der Waals surface area contributed by atoms with E-state index in [-0.39, 0.29) is 5.11 Å². The largest absolute Gasteiger partial charge is 0.330 e. The first-order valence-corrected chi connectivity index (χ1v) is 11.6. The number of aryl methyl sites for hydroxylation is 3. The molecule has 0 aliphatic carbocycles. The number of hydrogen-bond donors (Lipinski definition) is 3. The zero-order valence-corrected chi connectivity index (χ0v) is 21.0. The summed E-state index contributed by atoms with van der Waals surface area (Å²) in [6.07, 6.45) is 3.19. The second kappa shape index (κ2) is 11.0. The molecule has 0 aliphatic heterocycles. The van der Waals surface area contributed by atoms with Crippen LogP contribution in [0.5, 0.6) is 0 Å². The molecule has 0 bridgehead atoms. The van der Waals surface area contributed by atoms with Crippen molar-refractivity contribution >= 4 is 52.2 Å². The van der Waals surface area contributed by atoms with Crippen LogP contribution in [-0.2, 0) is 6.54 Å². The summed E-state index contributed by atoms with van der Waals surface area (Å²) >= 11 is 11.9. The van der Waals surface area contributed by atoms with Crippen LogP contribution in [0, 0.1) is 20.8 Å². The summed E-state index contributed by atoms with van der Waals surface area (Å²) in [5.41, 5.74) is 5.18. The number of hydrogen-bond acceptors (Lipinski definition) is 5. The van der Waals surface area contributed by atoms with Gasteiger partial charge >= 0.3 is 0 Å². The van der Waals surface area contributed by atoms with Crippen LogP contribution >= 0.6 is 23.8 Å². The van der Waals surface area contributed by atoms with Gasteiger partial charge in [0.1, 0.15) is 12.7 Å². The van der Waals surface area contributed by atoms with Crippen LogP contribution in [-0.4, -0.2) is 35.8 Å². The van der Waals surface area contributed by atoms with Gasteiger partial charge in [-0.1, -0.05) is 35.9 Å². The minimum absolute atomic E-state index is 0.222. The second-order valence-corrected chi connectivity index (χ2v) is 8.61. The van der Waals surface area contributed by atoms with Gasteiger partial charge in [0.25, 0.3) is 0 Å². The van der Waals surface area contributed by atoms with Gasteiger partial charge in [-0.05, 0) is 68.4 Å². The van der Waals surface area contributed by atoms with Crippen molar-refractivity contribution in [3.63, 3.8) is 0 Å². The quantitative estimate of drug-likeness (QED) is 0.198. The van der Waals surface area contributed by atoms with Crippen LogP contribution in [0.4, 0.5) is 17.3 Å². The van der Waals surface area contributed by atoms with Crippen molar-refractivity contribution in [2.24, 2.45) is 4.99 Å². The van der Waals surface area contributed by atoms with Gasteiger partial charge in [0.2, 0.25) is 17.0 Å². The number of aliphatic imine (C=N–C) groups is 1. The molecule has 0 unspecified atom stereocenters. The zero-order valence-electron chi connectivity index (χ0n) is 19.5. The molecule has 35 heavy (non-hydrogen) atoms. The van der Waals surface area contributed by atoms with Crippen molar-refractivity contribution in [3.05, 3.63) is 88.7 Å². The van der Waals surface area contributed by atoms with E-state index in [0.29, 0.717) is 29.2 Å². The Kier molecular flexibility index (Phi) is 7.64. The summed E-state index contributed by atoms with van der Waals surface area (Å²) in [5, 5.41) is 14.4. The molecule has 0 aliphatic rings. The predicted octanol–water partition coefficient (Wildman–Crippen LogP) is 4.97. The van der Waals surface area contributed by atoms with E-state index in [1.165, 1.54) is 6.33 Å². The first-order chi connectivity index (χ1) is 16.9. The van der Waals surface area contributed by atoms with Crippen LogP contribution in [0.15, 0.2) is 66.2 Å². The van der Waals surface area contributed by atoms with Crippen molar-refractivity contribution in [1.29, 1.82) is 0 Å². The van der Waals surface area contributed by atoms with Crippen LogP contribution in [0.1, 0.15) is 22.5 Å². The lowest BCUT2D eigenvalue weighted by Crippen LogP contribution is -2.26. The third-order valence-corrected chi connectivity index (χ3v) is 5.58. The molecule has 0 atom stereocenters. The van der Waals surface area contributed by atoms with Crippen LogP contribution in [0.2, 0.25) is 5.02 Å². The minimum atomic E-state index is 0.222. The summed E-state index contributed by atoms with van der Waals surface area (Å²) in [6, 6.07) is 15.5. The summed E-state index contributed by atoms with van der Waals surface area (Å²) in [7, 11) is 0. The molecule has 178 valence electrons. The topological polar surface area (TPSA) is 105 Å². The monoisotopic (exact) mass is 505 g/mol. The summed E-state index contributed by atoms with van der Waals surface area (Å²) < 4.78 is 1.76. The van der Waals surface area contributed by atoms with Gasteiger partial charge in [-0.25, -0.2) is 19.6 Å². The van der Waals surface area contributed by atoms with E-state index in [1.54, 1.807) is 11.0 Å². The highest BCUT2D eigenvalue weighted by Crippen LogP contribution is 2.25. The molecule has 2 aromatic heterocycles. The molecule has 0 fully saturated rings. The Bertz CT molecular complexity index is 1330. The lowest BCUT2D eigenvalue weighted by atomic mass is 10.2. The number of halogens is 1. The SMILES string of the molecule is Cc1cc(C)nc(N/C(=N/C(=S)Nc2cccc(C)c2Cl)Nc2ccc(Cn3cncn3)cc2)n1. The highest BCUT2D eigenvalue weighted by Gasteiger charge is 2.09. The summed E-state index contributed by atoms with van der Waals surface area (Å²) in [6.45, 7) is 6.37. The molecule has 2 heterocycles. The number of anilines is 3. The van der Waals surface area contributed by atoms with Gasteiger partial charge < -0.3 is 10.6 Å². The lowest BCUT2D eigenvalue weighted by molar-refractivity contribution is 0.685. The van der Waals surface area contributed by atoms with Gasteiger partial charge in [-0.3, -0.25) is 5.32 Å². The third-order valence-electron chi connectivity index (χ3n) is 4.89. The Balaban J connectivity index is 1.55. The fourth-order valence-corrected chi connectivity index (χ4v) is 3.67. The van der Waals surface area contributed by atoms with Crippen molar-refractivity contribution in [3.8, 4) is 0 Å². The Labute approximate surface area is 213 Å². The smallest absolute Gasteiger partial charge is 0.229 e. The van der Waals surface area contributed by atoms with Crippen LogP contribution in [0.25, 0.3) is 0 Å². The molecule has 0 amide bonds. The van der Waals surface area contributed by atoms with E-state index in [1.807, 2.05) is 69.3 Å². The van der Waals surface area contributed by atoms with E-state index in [4.69, 9.17) is 23.8 Å². The highest BCUT2D eigenvalue weighted by atomic mass is 35.5. The van der Waals surface area contributed by atoms with E-state index in [9.17, 15) is 0 Å². The molecule has 9 nitrogen and oxygen atoms in total. The van der Waals surface area contributed by atoms with E-state index >= 15 is 0 Å². The number of nitrogens with zero attached hydrogens (tertiary/aromatic N) is 6. The van der Waals surface area contributed by atoms with Crippen molar-refractivity contribution in [2.45, 2.75) is 27.3 Å². The average Bonchev–Trinajstić information content (AvgIpc) is 3.30. The number of aromatic nitrogens is 5. The lowest BCUT2D eigenvalue weighted by Gasteiger charge is -2.14. The summed E-state index contributed by atoms with van der Waals surface area (Å²) in [5.74, 6) is 0.772. The fraction of sp³-hybridized carbons (Fsp3) is 0.167. The average molecular weight is 506 g/mol. The Morgan fingerprint density at radius 2 is 1.74 bits per heavy atom. The summed E-state index contributed by atoms with van der Waals surface area (Å²) in [4.78, 5) is 17.4. The Morgan fingerprint density at radius 1 is 1.00 bits per heavy atom. The van der Waals surface area contributed by atoms with Gasteiger partial charge in [-0.15, -0.1) is 0 Å². The molecule has 0 spiro atoms. The number of rotatable bonds is 5. The Hall–Kier alpha value is -3.89. The third kappa shape index (κ3) is 6.81. The standard InChI is InChI=1S/C24H24ClN9S/c1-15-5-4-6-20(21(15)25)31-24(35)33-23(32-22-28-16(2)11-17(3)29-22)30-19-9-7-18(8-10-19)12-34-14-26-13-27-34/h4-11,13-14H,12H2,1-3H3,(H3,28,29,30,31,32,33,35). The predicted molar refractivity (Wildman–Crippen MR) is 144 cm³/mol. The molecular weight excluding hydrogens is 482 g/mol. The molecular formula is C24H24ClN9S. The second-order valence-electron chi connectivity index (χ2n) is 7.84. The van der Waals surface area contributed by atoms with Crippen molar-refractivity contribution in [1.82, 2.24) is 24.7 Å². The first-order valence-electron chi connectivity index (χ1n) is 10.8. The highest BCUT2D eigenvalue weighted by molar-refractivity contribution is 7.80. The maximum atomic E-state index is 6.40. The molecule has 2 aromatic carbocycles. The Morgan fingerprint density at radius 3 is 2.43 bits per heavy atom. The minimum Gasteiger partial charge on any atom is -0.330 e. The number of thiocarbonyl (C=S) groups is 1. The number of nitrogens with one attached hydrogen (secondary N) is 3. The van der Waals surface area contributed by atoms with Gasteiger partial charge in [0, 0.05) is 17.1 Å². The van der Waals surface area contributed by atoms with E-state index in [0.717, 1.165) is 28.2 Å². The van der Waals surface area contributed by atoms with Gasteiger partial charge in [0.15, 0.2) is 0 Å². The zero-order chi connectivity index (χ0) is 24.8. The molecule has 4 aromatic rings. The van der Waals surface area contributed by atoms with E-state index < -0.39 is 0 Å². The normalized spacial score (nSPS) is 11.3. The maximum absolute atomic E-state index is 6.40. The van der Waals surface area contributed by atoms with Gasteiger partial charge in [0.05, 0.1) is 17.3 Å². The number of benzene rings is 2. The molecule has 0 saturated heterocycles. The van der Waals surface area contributed by atoms with E-state index in [2.05, 4.69) is 41.0 Å². The molecule has 0 saturated carbocycles. The van der Waals surface area contributed by atoms with Crippen LogP contribution in [0.3, 0.4) is 0 Å².